The molecule has 3 atom stereocenters. The van der Waals surface area contributed by atoms with E-state index < -0.39 is 40.3 Å². The van der Waals surface area contributed by atoms with E-state index in [1.807, 2.05) is 44.2 Å². The second-order valence-corrected chi connectivity index (χ2v) is 8.60. The fourth-order valence-corrected chi connectivity index (χ4v) is 4.16. The van der Waals surface area contributed by atoms with Crippen LogP contribution in [-0.2, 0) is 6.61 Å². The summed E-state index contributed by atoms with van der Waals surface area (Å²) in [6.45, 7) is 5.80. The molecule has 1 aliphatic carbocycles. The van der Waals surface area contributed by atoms with E-state index in [4.69, 9.17) is 9.47 Å². The number of nitro benzene ring substituents is 1. The van der Waals surface area contributed by atoms with Crippen molar-refractivity contribution in [2.45, 2.75) is 51.8 Å². The van der Waals surface area contributed by atoms with E-state index in [1.165, 1.54) is 6.92 Å². The molecule has 3 aromatic carbocycles. The van der Waals surface area contributed by atoms with Crippen LogP contribution in [0.2, 0.25) is 0 Å². The van der Waals surface area contributed by atoms with Gasteiger partial charge in [0.05, 0.1) is 10.5 Å². The summed E-state index contributed by atoms with van der Waals surface area (Å²) in [5.74, 6) is 0.897. The second-order valence-electron chi connectivity index (χ2n) is 8.60. The molecule has 0 aromatic heterocycles. The number of rotatable bonds is 7. The van der Waals surface area contributed by atoms with Crippen LogP contribution in [-0.4, -0.2) is 11.1 Å². The van der Waals surface area contributed by atoms with Gasteiger partial charge in [0, 0.05) is 17.2 Å². The number of hydrogen-bond donors (Lipinski definition) is 0. The maximum atomic E-state index is 14.7. The molecule has 34 heavy (non-hydrogen) atoms. The van der Waals surface area contributed by atoms with E-state index in [1.54, 1.807) is 18.2 Å². The molecule has 8 heteroatoms. The minimum atomic E-state index is -2.53. The second kappa shape index (κ2) is 9.37. The third kappa shape index (κ3) is 4.32. The Morgan fingerprint density at radius 2 is 1.68 bits per heavy atom. The average Bonchev–Trinajstić information content (AvgIpc) is 3.04. The van der Waals surface area contributed by atoms with E-state index in [9.17, 15) is 23.3 Å². The van der Waals surface area contributed by atoms with Crippen molar-refractivity contribution in [1.29, 1.82) is 0 Å². The summed E-state index contributed by atoms with van der Waals surface area (Å²) < 4.78 is 55.3. The first-order valence-electron chi connectivity index (χ1n) is 10.9. The minimum absolute atomic E-state index is 0.0531. The lowest BCUT2D eigenvalue weighted by molar-refractivity contribution is -0.386. The molecule has 178 valence electrons. The largest absolute Gasteiger partial charge is 0.489 e. The van der Waals surface area contributed by atoms with Crippen LogP contribution in [0.3, 0.4) is 0 Å². The van der Waals surface area contributed by atoms with Crippen molar-refractivity contribution in [3.05, 3.63) is 92.5 Å². The number of fused-ring (bicyclic) bond motifs is 1. The molecule has 1 aliphatic rings. The predicted octanol–water partition coefficient (Wildman–Crippen LogP) is 7.77. The van der Waals surface area contributed by atoms with E-state index in [0.29, 0.717) is 18.1 Å². The Morgan fingerprint density at radius 1 is 1.00 bits per heavy atom. The molecular formula is C26H24F3NO4. The van der Waals surface area contributed by atoms with Gasteiger partial charge in [0.25, 0.3) is 5.69 Å². The van der Waals surface area contributed by atoms with Crippen LogP contribution in [0, 0.1) is 17.0 Å². The van der Waals surface area contributed by atoms with Crippen LogP contribution in [0.4, 0.5) is 18.9 Å². The minimum Gasteiger partial charge on any atom is -0.489 e. The fraction of sp³-hybridized carbons (Fsp3) is 0.308. The van der Waals surface area contributed by atoms with Crippen LogP contribution < -0.4 is 9.47 Å². The number of ether oxygens (including phenoxy) is 2. The highest BCUT2D eigenvalue weighted by Gasteiger charge is 2.49. The summed E-state index contributed by atoms with van der Waals surface area (Å²) in [5.41, 5.74) is 0.352. The molecule has 0 heterocycles. The topological polar surface area (TPSA) is 61.6 Å². The Hall–Kier alpha value is -3.55. The van der Waals surface area contributed by atoms with Gasteiger partial charge in [-0.3, -0.25) is 10.1 Å². The lowest BCUT2D eigenvalue weighted by Crippen LogP contribution is -2.06. The number of benzene rings is 3. The monoisotopic (exact) mass is 471 g/mol. The Balaban J connectivity index is 1.69. The first-order valence-corrected chi connectivity index (χ1v) is 10.9. The first kappa shape index (κ1) is 23.6. The van der Waals surface area contributed by atoms with E-state index in [-0.39, 0.29) is 17.2 Å². The molecular weight excluding hydrogens is 447 g/mol. The zero-order valence-corrected chi connectivity index (χ0v) is 18.9. The van der Waals surface area contributed by atoms with Gasteiger partial charge in [-0.2, -0.15) is 0 Å². The van der Waals surface area contributed by atoms with Gasteiger partial charge in [-0.05, 0) is 42.2 Å². The van der Waals surface area contributed by atoms with Crippen LogP contribution >= 0.6 is 0 Å². The zero-order valence-electron chi connectivity index (χ0n) is 18.9. The molecule has 0 bridgehead atoms. The third-order valence-corrected chi connectivity index (χ3v) is 5.89. The molecule has 0 spiro atoms. The first-order chi connectivity index (χ1) is 16.2. The zero-order chi connectivity index (χ0) is 24.6. The highest BCUT2D eigenvalue weighted by atomic mass is 19.2. The van der Waals surface area contributed by atoms with Crippen LogP contribution in [0.1, 0.15) is 59.9 Å². The Kier molecular flexibility index (Phi) is 6.50. The SMILES string of the molecule is Cc1cc([N+](=O)[O-])c2c(c1Oc1ccc(OCc3ccccc3)c(C(C)C)c1)C(F)C(F)C2F. The molecule has 4 rings (SSSR count). The Bertz CT molecular complexity index is 1220. The maximum absolute atomic E-state index is 14.7. The van der Waals surface area contributed by atoms with Crippen molar-refractivity contribution in [1.82, 2.24) is 0 Å². The highest BCUT2D eigenvalue weighted by molar-refractivity contribution is 5.62. The summed E-state index contributed by atoms with van der Waals surface area (Å²) in [7, 11) is 0. The van der Waals surface area contributed by atoms with Crippen molar-refractivity contribution >= 4 is 5.69 Å². The van der Waals surface area contributed by atoms with Crippen molar-refractivity contribution in [2.24, 2.45) is 0 Å². The van der Waals surface area contributed by atoms with Gasteiger partial charge in [-0.1, -0.05) is 44.2 Å². The molecule has 0 saturated heterocycles. The molecule has 0 aliphatic heterocycles. The lowest BCUT2D eigenvalue weighted by Gasteiger charge is -2.18. The van der Waals surface area contributed by atoms with Crippen LogP contribution in [0.25, 0.3) is 0 Å². The predicted molar refractivity (Wildman–Crippen MR) is 122 cm³/mol. The molecule has 0 amide bonds. The molecule has 0 fully saturated rings. The Labute approximate surface area is 195 Å². The molecule has 0 N–H and O–H groups in total. The van der Waals surface area contributed by atoms with Crippen molar-refractivity contribution in [3.8, 4) is 17.2 Å². The highest BCUT2D eigenvalue weighted by Crippen LogP contribution is 2.54. The van der Waals surface area contributed by atoms with Gasteiger partial charge < -0.3 is 9.47 Å². The maximum Gasteiger partial charge on any atom is 0.276 e. The normalized spacial score (nSPS) is 19.2. The molecule has 5 nitrogen and oxygen atoms in total. The molecule has 0 saturated carbocycles. The van der Waals surface area contributed by atoms with Crippen molar-refractivity contribution in [2.75, 3.05) is 0 Å². The summed E-state index contributed by atoms with van der Waals surface area (Å²) in [4.78, 5) is 10.6. The van der Waals surface area contributed by atoms with Gasteiger partial charge in [-0.15, -0.1) is 0 Å². The number of hydrogen-bond acceptors (Lipinski definition) is 4. The fourth-order valence-electron chi connectivity index (χ4n) is 4.16. The summed E-state index contributed by atoms with van der Waals surface area (Å²) in [5, 5.41) is 11.4. The van der Waals surface area contributed by atoms with E-state index in [0.717, 1.165) is 17.2 Å². The Morgan fingerprint density at radius 3 is 2.32 bits per heavy atom. The molecule has 3 aromatic rings. The van der Waals surface area contributed by atoms with Gasteiger partial charge in [0.2, 0.25) is 0 Å². The van der Waals surface area contributed by atoms with Gasteiger partial charge in [-0.25, -0.2) is 13.2 Å². The molecule has 0 radical (unpaired) electrons. The van der Waals surface area contributed by atoms with Gasteiger partial charge in [0.15, 0.2) is 18.5 Å². The van der Waals surface area contributed by atoms with E-state index >= 15 is 0 Å². The van der Waals surface area contributed by atoms with Gasteiger partial charge >= 0.3 is 0 Å². The number of alkyl halides is 3. The third-order valence-electron chi connectivity index (χ3n) is 5.89. The van der Waals surface area contributed by atoms with Crippen LogP contribution in [0.5, 0.6) is 17.2 Å². The number of nitro groups is 1. The molecule has 3 unspecified atom stereocenters. The van der Waals surface area contributed by atoms with Crippen LogP contribution in [0.15, 0.2) is 54.6 Å². The van der Waals surface area contributed by atoms with Gasteiger partial charge in [0.1, 0.15) is 23.9 Å². The van der Waals surface area contributed by atoms with Crippen molar-refractivity contribution in [3.63, 3.8) is 0 Å². The van der Waals surface area contributed by atoms with Crippen molar-refractivity contribution < 1.29 is 27.6 Å². The standard InChI is InChI=1S/C26H24F3NO4/c1-14(2)18-12-17(9-10-20(18)33-13-16-7-5-4-6-8-16)34-26-15(3)11-19(30(31)32)21-22(26)24(28)25(29)23(21)27/h4-12,14,23-25H,13H2,1-3H3. The number of nitrogens with zero attached hydrogens (tertiary/aromatic N) is 1. The van der Waals surface area contributed by atoms with E-state index in [2.05, 4.69) is 0 Å². The quantitative estimate of drug-likeness (QED) is 0.261. The number of aryl methyl sites for hydroxylation is 1. The summed E-state index contributed by atoms with van der Waals surface area (Å²) in [6, 6.07) is 15.8. The smallest absolute Gasteiger partial charge is 0.276 e. The summed E-state index contributed by atoms with van der Waals surface area (Å²) >= 11 is 0. The lowest BCUT2D eigenvalue weighted by atomic mass is 10.0. The average molecular weight is 471 g/mol. The summed E-state index contributed by atoms with van der Waals surface area (Å²) in [6.07, 6.45) is -7.33. The number of halogens is 3.